The Kier molecular flexibility index (Phi) is 3.72. The summed E-state index contributed by atoms with van der Waals surface area (Å²) in [5.41, 5.74) is -0.227. The summed E-state index contributed by atoms with van der Waals surface area (Å²) >= 11 is 3.13. The minimum atomic E-state index is -0.227. The van der Waals surface area contributed by atoms with Crippen molar-refractivity contribution >= 4 is 21.7 Å². The molecule has 74 valence electrons. The van der Waals surface area contributed by atoms with Gasteiger partial charge in [-0.05, 0) is 22.4 Å². The Hall–Kier alpha value is -1.28. The van der Waals surface area contributed by atoms with Crippen LogP contribution in [0.2, 0.25) is 0 Å². The van der Waals surface area contributed by atoms with Gasteiger partial charge >= 0.3 is 0 Å². The Morgan fingerprint density at radius 1 is 1.86 bits per heavy atom. The van der Waals surface area contributed by atoms with Gasteiger partial charge in [0.05, 0.1) is 12.4 Å². The normalized spacial score (nSPS) is 11.8. The van der Waals surface area contributed by atoms with Crippen LogP contribution in [0.3, 0.4) is 0 Å². The third kappa shape index (κ3) is 2.36. The average Bonchev–Trinajstić information content (AvgIpc) is 2.20. The first-order chi connectivity index (χ1) is 6.69. The second kappa shape index (κ2) is 4.82. The summed E-state index contributed by atoms with van der Waals surface area (Å²) in [4.78, 5) is 17.6. The van der Waals surface area contributed by atoms with Gasteiger partial charge in [-0.2, -0.15) is 0 Å². The van der Waals surface area contributed by atoms with Crippen LogP contribution in [0, 0.1) is 12.3 Å². The molecule has 2 N–H and O–H groups in total. The molecule has 1 unspecified atom stereocenters. The summed E-state index contributed by atoms with van der Waals surface area (Å²) in [5, 5.41) is 2.97. The summed E-state index contributed by atoms with van der Waals surface area (Å²) in [6, 6.07) is -0.111. The fourth-order valence-electron chi connectivity index (χ4n) is 0.910. The summed E-state index contributed by atoms with van der Waals surface area (Å²) in [5.74, 6) is 3.03. The molecule has 1 atom stereocenters. The zero-order valence-corrected chi connectivity index (χ0v) is 9.26. The first-order valence-electron chi connectivity index (χ1n) is 4.14. The van der Waals surface area contributed by atoms with E-state index in [0.29, 0.717) is 10.3 Å². The highest BCUT2D eigenvalue weighted by Gasteiger charge is 2.08. The van der Waals surface area contributed by atoms with E-state index in [-0.39, 0.29) is 11.6 Å². The smallest absolute Gasteiger partial charge is 0.267 e. The van der Waals surface area contributed by atoms with E-state index in [1.54, 1.807) is 0 Å². The van der Waals surface area contributed by atoms with Crippen LogP contribution >= 0.6 is 15.9 Å². The van der Waals surface area contributed by atoms with Crippen LogP contribution in [-0.2, 0) is 0 Å². The first kappa shape index (κ1) is 10.8. The van der Waals surface area contributed by atoms with Crippen LogP contribution in [-0.4, -0.2) is 16.0 Å². The van der Waals surface area contributed by atoms with Gasteiger partial charge in [-0.25, -0.2) is 4.98 Å². The second-order valence-corrected chi connectivity index (χ2v) is 3.46. The van der Waals surface area contributed by atoms with E-state index in [2.05, 4.69) is 37.1 Å². The molecule has 1 aromatic rings. The number of halogens is 1. The summed E-state index contributed by atoms with van der Waals surface area (Å²) in [6.07, 6.45) is 7.38. The molecule has 5 heteroatoms. The van der Waals surface area contributed by atoms with Gasteiger partial charge in [0.25, 0.3) is 5.56 Å². The predicted octanol–water partition coefficient (Wildman–Crippen LogP) is 1.36. The number of hydrogen-bond acceptors (Lipinski definition) is 3. The highest BCUT2D eigenvalue weighted by molar-refractivity contribution is 9.10. The molecule has 0 aliphatic carbocycles. The first-order valence-corrected chi connectivity index (χ1v) is 4.94. The zero-order valence-electron chi connectivity index (χ0n) is 7.67. The number of aromatic amines is 1. The molecule has 4 nitrogen and oxygen atoms in total. The summed E-state index contributed by atoms with van der Waals surface area (Å²) in [6.45, 7) is 1.96. The Morgan fingerprint density at radius 3 is 3.14 bits per heavy atom. The van der Waals surface area contributed by atoms with E-state index >= 15 is 0 Å². The zero-order chi connectivity index (χ0) is 10.6. The molecule has 0 bridgehead atoms. The number of terminal acetylenes is 1. The van der Waals surface area contributed by atoms with Crippen LogP contribution in [0.5, 0.6) is 0 Å². The monoisotopic (exact) mass is 255 g/mol. The average molecular weight is 256 g/mol. The number of nitrogens with zero attached hydrogens (tertiary/aromatic N) is 1. The van der Waals surface area contributed by atoms with Gasteiger partial charge in [0.1, 0.15) is 10.3 Å². The number of rotatable bonds is 3. The molecule has 1 aromatic heterocycles. The molecule has 0 aliphatic heterocycles. The van der Waals surface area contributed by atoms with Gasteiger partial charge in [0.2, 0.25) is 0 Å². The van der Waals surface area contributed by atoms with Gasteiger partial charge in [-0.15, -0.1) is 6.42 Å². The van der Waals surface area contributed by atoms with Gasteiger partial charge < -0.3 is 10.3 Å². The number of H-pyrrole nitrogens is 1. The highest BCUT2D eigenvalue weighted by Crippen LogP contribution is 2.14. The third-order valence-electron chi connectivity index (χ3n) is 1.72. The van der Waals surface area contributed by atoms with Gasteiger partial charge in [-0.3, -0.25) is 4.79 Å². The van der Waals surface area contributed by atoms with Crippen molar-refractivity contribution in [1.82, 2.24) is 9.97 Å². The largest absolute Gasteiger partial charge is 0.355 e. The molecule has 0 fully saturated rings. The van der Waals surface area contributed by atoms with Crippen LogP contribution in [0.15, 0.2) is 15.6 Å². The standard InChI is InChI=1S/C9H10BrN3O/c1-3-6(4-2)13-8-7(10)9(14)12-5-11-8/h1,5-6H,4H2,2H3,(H2,11,12,13,14). The van der Waals surface area contributed by atoms with Crippen LogP contribution in [0.25, 0.3) is 0 Å². The van der Waals surface area contributed by atoms with E-state index in [0.717, 1.165) is 6.42 Å². The molecule has 14 heavy (non-hydrogen) atoms. The summed E-state index contributed by atoms with van der Waals surface area (Å²) in [7, 11) is 0. The summed E-state index contributed by atoms with van der Waals surface area (Å²) < 4.78 is 0.369. The van der Waals surface area contributed by atoms with Crippen molar-refractivity contribution < 1.29 is 0 Å². The van der Waals surface area contributed by atoms with Crippen molar-refractivity contribution in [1.29, 1.82) is 0 Å². The van der Waals surface area contributed by atoms with Crippen molar-refractivity contribution in [3.8, 4) is 12.3 Å². The predicted molar refractivity (Wildman–Crippen MR) is 59.1 cm³/mol. The fraction of sp³-hybridized carbons (Fsp3) is 0.333. The maximum Gasteiger partial charge on any atom is 0.267 e. The topological polar surface area (TPSA) is 57.8 Å². The number of hydrogen-bond donors (Lipinski definition) is 2. The minimum Gasteiger partial charge on any atom is -0.355 e. The Morgan fingerprint density at radius 2 is 2.57 bits per heavy atom. The van der Waals surface area contributed by atoms with E-state index in [1.165, 1.54) is 6.33 Å². The van der Waals surface area contributed by atoms with Gasteiger partial charge in [0, 0.05) is 0 Å². The molecule has 0 radical (unpaired) electrons. The lowest BCUT2D eigenvalue weighted by atomic mass is 10.2. The Balaban J connectivity index is 2.93. The second-order valence-electron chi connectivity index (χ2n) is 2.67. The molecule has 0 spiro atoms. The lowest BCUT2D eigenvalue weighted by Crippen LogP contribution is -2.20. The molecule has 0 saturated heterocycles. The number of aromatic nitrogens is 2. The van der Waals surface area contributed by atoms with E-state index in [9.17, 15) is 4.79 Å². The maximum atomic E-state index is 11.2. The number of anilines is 1. The minimum absolute atomic E-state index is 0.111. The molecule has 0 aliphatic rings. The Bertz CT molecular complexity index is 407. The van der Waals surface area contributed by atoms with Crippen molar-refractivity contribution in [2.45, 2.75) is 19.4 Å². The number of nitrogens with one attached hydrogen (secondary N) is 2. The Labute approximate surface area is 90.3 Å². The van der Waals surface area contributed by atoms with Gasteiger partial charge in [0.15, 0.2) is 0 Å². The van der Waals surface area contributed by atoms with E-state index in [4.69, 9.17) is 6.42 Å². The van der Waals surface area contributed by atoms with Crippen LogP contribution < -0.4 is 10.9 Å². The van der Waals surface area contributed by atoms with Crippen LogP contribution in [0.4, 0.5) is 5.82 Å². The lowest BCUT2D eigenvalue weighted by molar-refractivity contribution is 0.846. The third-order valence-corrected chi connectivity index (χ3v) is 2.45. The fourth-order valence-corrected chi connectivity index (χ4v) is 1.24. The quantitative estimate of drug-likeness (QED) is 0.803. The van der Waals surface area contributed by atoms with Crippen molar-refractivity contribution in [2.24, 2.45) is 0 Å². The maximum absolute atomic E-state index is 11.2. The van der Waals surface area contributed by atoms with Crippen molar-refractivity contribution in [2.75, 3.05) is 5.32 Å². The molecule has 0 saturated carbocycles. The molecule has 0 aromatic carbocycles. The lowest BCUT2D eigenvalue weighted by Gasteiger charge is -2.11. The molecule has 1 rings (SSSR count). The van der Waals surface area contributed by atoms with Gasteiger partial charge in [-0.1, -0.05) is 12.8 Å². The van der Waals surface area contributed by atoms with Crippen molar-refractivity contribution in [3.05, 3.63) is 21.2 Å². The molecule has 1 heterocycles. The van der Waals surface area contributed by atoms with Crippen LogP contribution in [0.1, 0.15) is 13.3 Å². The molecule has 0 amide bonds. The molecular formula is C9H10BrN3O. The molecular weight excluding hydrogens is 246 g/mol. The van der Waals surface area contributed by atoms with Crippen molar-refractivity contribution in [3.63, 3.8) is 0 Å². The SMILES string of the molecule is C#CC(CC)Nc1nc[nH]c(=O)c1Br. The van der Waals surface area contributed by atoms with E-state index < -0.39 is 0 Å². The highest BCUT2D eigenvalue weighted by atomic mass is 79.9. The van der Waals surface area contributed by atoms with E-state index in [1.807, 2.05) is 6.92 Å².